The number of nitrogens with zero attached hydrogens (tertiary/aromatic N) is 1. The van der Waals surface area contributed by atoms with Gasteiger partial charge in [0.25, 0.3) is 0 Å². The quantitative estimate of drug-likeness (QED) is 0.571. The monoisotopic (exact) mass is 276 g/mol. The smallest absolute Gasteiger partial charge is 0.240 e. The number of aliphatic hydroxyl groups is 1. The molecule has 0 atom stereocenters. The van der Waals surface area contributed by atoms with E-state index in [2.05, 4.69) is 17.2 Å². The molecule has 1 heterocycles. The second-order valence-corrected chi connectivity index (χ2v) is 4.38. The van der Waals surface area contributed by atoms with Crippen LogP contribution in [0.15, 0.2) is 18.2 Å². The molecule has 1 aromatic rings. The Morgan fingerprint density at radius 3 is 2.60 bits per heavy atom. The molecule has 0 unspecified atom stereocenters. The summed E-state index contributed by atoms with van der Waals surface area (Å²) >= 11 is 0. The maximum atomic E-state index is 13.9. The average molecular weight is 276 g/mol. The Labute approximate surface area is 115 Å². The maximum Gasteiger partial charge on any atom is 0.240 e. The lowest BCUT2D eigenvalue weighted by molar-refractivity contribution is -0.136. The first-order valence-electron chi connectivity index (χ1n) is 6.01. The van der Waals surface area contributed by atoms with E-state index in [1.165, 1.54) is 6.07 Å². The fourth-order valence-electron chi connectivity index (χ4n) is 1.94. The molecule has 0 aliphatic carbocycles. The molecule has 0 spiro atoms. The van der Waals surface area contributed by atoms with Gasteiger partial charge in [0.15, 0.2) is 0 Å². The van der Waals surface area contributed by atoms with E-state index >= 15 is 0 Å². The van der Waals surface area contributed by atoms with Gasteiger partial charge in [-0.15, -0.1) is 0 Å². The van der Waals surface area contributed by atoms with Crippen LogP contribution < -0.4 is 5.32 Å². The minimum Gasteiger partial charge on any atom is -0.384 e. The fourth-order valence-corrected chi connectivity index (χ4v) is 1.94. The van der Waals surface area contributed by atoms with Crippen molar-refractivity contribution in [2.45, 2.75) is 6.54 Å². The number of aliphatic hydroxyl groups excluding tert-OH is 1. The summed E-state index contributed by atoms with van der Waals surface area (Å²) in [6.45, 7) is 0.0293. The molecule has 2 rings (SSSR count). The van der Waals surface area contributed by atoms with E-state index in [9.17, 15) is 14.0 Å². The first kappa shape index (κ1) is 14.2. The minimum absolute atomic E-state index is 0.0667. The zero-order chi connectivity index (χ0) is 14.5. The van der Waals surface area contributed by atoms with Gasteiger partial charge in [-0.25, -0.2) is 4.39 Å². The topological polar surface area (TPSA) is 69.6 Å². The molecular formula is C14H13FN2O3. The molecule has 1 aliphatic heterocycles. The Morgan fingerprint density at radius 1 is 1.30 bits per heavy atom. The third kappa shape index (κ3) is 3.63. The van der Waals surface area contributed by atoms with E-state index in [1.54, 1.807) is 17.0 Å². The van der Waals surface area contributed by atoms with Crippen molar-refractivity contribution in [1.82, 2.24) is 10.2 Å². The van der Waals surface area contributed by atoms with Crippen molar-refractivity contribution >= 4 is 11.8 Å². The fraction of sp³-hybridized carbons (Fsp3) is 0.286. The number of nitrogens with one attached hydrogen (secondary N) is 1. The lowest BCUT2D eigenvalue weighted by atomic mass is 10.1. The van der Waals surface area contributed by atoms with Crippen LogP contribution in [0.2, 0.25) is 0 Å². The van der Waals surface area contributed by atoms with Crippen LogP contribution in [0, 0.1) is 17.7 Å². The van der Waals surface area contributed by atoms with Crippen LogP contribution in [0.25, 0.3) is 0 Å². The predicted molar refractivity (Wildman–Crippen MR) is 68.8 cm³/mol. The molecular weight excluding hydrogens is 263 g/mol. The summed E-state index contributed by atoms with van der Waals surface area (Å²) < 4.78 is 13.9. The first-order chi connectivity index (χ1) is 9.58. The molecule has 0 aromatic heterocycles. The molecule has 1 aliphatic rings. The van der Waals surface area contributed by atoms with Crippen LogP contribution in [0.4, 0.5) is 4.39 Å². The molecule has 2 N–H and O–H groups in total. The van der Waals surface area contributed by atoms with E-state index in [0.29, 0.717) is 11.1 Å². The normalized spacial score (nSPS) is 15.5. The number of piperazine rings is 1. The molecule has 5 nitrogen and oxygen atoms in total. The highest BCUT2D eigenvalue weighted by molar-refractivity contribution is 5.99. The van der Waals surface area contributed by atoms with Gasteiger partial charge in [0, 0.05) is 17.7 Å². The van der Waals surface area contributed by atoms with Crippen LogP contribution in [0.1, 0.15) is 11.1 Å². The van der Waals surface area contributed by atoms with Crippen LogP contribution in [0.3, 0.4) is 0 Å². The molecule has 0 radical (unpaired) electrons. The van der Waals surface area contributed by atoms with E-state index in [0.717, 1.165) is 0 Å². The zero-order valence-electron chi connectivity index (χ0n) is 10.6. The zero-order valence-corrected chi connectivity index (χ0v) is 10.6. The SMILES string of the molecule is O=C1CN(Cc2ccc(C#CCO)cc2F)CC(=O)N1. The molecule has 2 amide bonds. The standard InChI is InChI=1S/C14H13FN2O3/c15-12-6-10(2-1-5-18)3-4-11(12)7-17-8-13(19)16-14(20)9-17/h3-4,6,18H,5,7-9H2,(H,16,19,20). The van der Waals surface area contributed by atoms with Gasteiger partial charge in [0.2, 0.25) is 11.8 Å². The van der Waals surface area contributed by atoms with Crippen molar-refractivity contribution in [2.75, 3.05) is 19.7 Å². The van der Waals surface area contributed by atoms with E-state index in [1.807, 2.05) is 0 Å². The first-order valence-corrected chi connectivity index (χ1v) is 6.01. The summed E-state index contributed by atoms with van der Waals surface area (Å²) in [6.07, 6.45) is 0. The van der Waals surface area contributed by atoms with Crippen molar-refractivity contribution in [3.63, 3.8) is 0 Å². The summed E-state index contributed by atoms with van der Waals surface area (Å²) in [6, 6.07) is 4.46. The van der Waals surface area contributed by atoms with Crippen molar-refractivity contribution in [1.29, 1.82) is 0 Å². The van der Waals surface area contributed by atoms with Crippen molar-refractivity contribution in [3.05, 3.63) is 35.1 Å². The van der Waals surface area contributed by atoms with Gasteiger partial charge in [0.05, 0.1) is 13.1 Å². The second kappa shape index (κ2) is 6.28. The summed E-state index contributed by atoms with van der Waals surface area (Å²) in [7, 11) is 0. The average Bonchev–Trinajstić information content (AvgIpc) is 2.38. The van der Waals surface area contributed by atoms with E-state index in [4.69, 9.17) is 5.11 Å². The van der Waals surface area contributed by atoms with E-state index in [-0.39, 0.29) is 38.1 Å². The number of carbonyl (C=O) groups excluding carboxylic acids is 2. The highest BCUT2D eigenvalue weighted by atomic mass is 19.1. The van der Waals surface area contributed by atoms with Crippen LogP contribution in [0.5, 0.6) is 0 Å². The lowest BCUT2D eigenvalue weighted by Gasteiger charge is -2.25. The number of carbonyl (C=O) groups is 2. The van der Waals surface area contributed by atoms with Crippen LogP contribution >= 0.6 is 0 Å². The lowest BCUT2D eigenvalue weighted by Crippen LogP contribution is -2.50. The maximum absolute atomic E-state index is 13.9. The Bertz CT molecular complexity index is 588. The third-order valence-electron chi connectivity index (χ3n) is 2.77. The minimum atomic E-state index is -0.451. The Morgan fingerprint density at radius 2 is 2.00 bits per heavy atom. The number of hydrogen-bond acceptors (Lipinski definition) is 4. The summed E-state index contributed by atoms with van der Waals surface area (Å²) in [4.78, 5) is 24.0. The molecule has 6 heteroatoms. The van der Waals surface area contributed by atoms with Gasteiger partial charge in [-0.3, -0.25) is 19.8 Å². The number of hydrogen-bond donors (Lipinski definition) is 2. The van der Waals surface area contributed by atoms with Crippen molar-refractivity contribution in [3.8, 4) is 11.8 Å². The van der Waals surface area contributed by atoms with Gasteiger partial charge in [0.1, 0.15) is 12.4 Å². The molecule has 0 bridgehead atoms. The van der Waals surface area contributed by atoms with Crippen LogP contribution in [-0.2, 0) is 16.1 Å². The summed E-state index contributed by atoms with van der Waals surface area (Å²) in [5.74, 6) is 3.83. The largest absolute Gasteiger partial charge is 0.384 e. The summed E-state index contributed by atoms with van der Waals surface area (Å²) in [5, 5.41) is 10.8. The molecule has 104 valence electrons. The Hall–Kier alpha value is -2.23. The molecule has 1 saturated heterocycles. The van der Waals surface area contributed by atoms with Gasteiger partial charge < -0.3 is 5.11 Å². The van der Waals surface area contributed by atoms with Gasteiger partial charge in [-0.1, -0.05) is 17.9 Å². The van der Waals surface area contributed by atoms with Gasteiger partial charge in [-0.05, 0) is 12.1 Å². The number of halogens is 1. The van der Waals surface area contributed by atoms with E-state index < -0.39 is 5.82 Å². The van der Waals surface area contributed by atoms with Gasteiger partial charge >= 0.3 is 0 Å². The predicted octanol–water partition coefficient (Wildman–Crippen LogP) is -0.372. The number of benzene rings is 1. The number of rotatable bonds is 2. The number of imide groups is 1. The van der Waals surface area contributed by atoms with Crippen LogP contribution in [-0.4, -0.2) is 41.5 Å². The molecule has 1 fully saturated rings. The molecule has 20 heavy (non-hydrogen) atoms. The highest BCUT2D eigenvalue weighted by Gasteiger charge is 2.23. The Kier molecular flexibility index (Phi) is 4.45. The molecule has 1 aromatic carbocycles. The third-order valence-corrected chi connectivity index (χ3v) is 2.77. The highest BCUT2D eigenvalue weighted by Crippen LogP contribution is 2.13. The molecule has 0 saturated carbocycles. The summed E-state index contributed by atoms with van der Waals surface area (Å²) in [5.41, 5.74) is 0.856. The van der Waals surface area contributed by atoms with Gasteiger partial charge in [-0.2, -0.15) is 0 Å². The second-order valence-electron chi connectivity index (χ2n) is 4.38. The van der Waals surface area contributed by atoms with Crippen molar-refractivity contribution in [2.24, 2.45) is 0 Å². The van der Waals surface area contributed by atoms with Crippen molar-refractivity contribution < 1.29 is 19.1 Å². The Balaban J connectivity index is 2.09. The number of amides is 2.